The van der Waals surface area contributed by atoms with Gasteiger partial charge in [-0.1, -0.05) is 39.1 Å². The van der Waals surface area contributed by atoms with E-state index in [2.05, 4.69) is 15.9 Å². The Balaban J connectivity index is 2.62. The maximum Gasteiger partial charge on any atom is 0.265 e. The molecule has 0 aliphatic rings. The van der Waals surface area contributed by atoms with E-state index in [-0.39, 0.29) is 14.5 Å². The molecule has 8 nitrogen and oxygen atoms in total. The number of phenolic OH excluding ortho intramolecular Hbond substituents is 2. The molecule has 0 aliphatic carbocycles. The fraction of sp³-hybridized carbons (Fsp3) is 0.0769. The number of sulfonamides is 2. The molecule has 0 atom stereocenters. The Hall–Kier alpha value is -1.24. The van der Waals surface area contributed by atoms with Crippen LogP contribution < -0.4 is 9.44 Å². The van der Waals surface area contributed by atoms with Gasteiger partial charge in [-0.25, -0.2) is 21.6 Å². The highest BCUT2D eigenvalue weighted by Crippen LogP contribution is 2.38. The number of hydrogen-bond acceptors (Lipinski definition) is 6. The second-order valence-electron chi connectivity index (χ2n) is 4.85. The van der Waals surface area contributed by atoms with Crippen LogP contribution in [0.15, 0.2) is 38.5 Å². The summed E-state index contributed by atoms with van der Waals surface area (Å²) in [7, 11) is -7.45. The molecule has 0 bridgehead atoms. The van der Waals surface area contributed by atoms with Gasteiger partial charge in [0.05, 0.1) is 10.7 Å². The number of halogens is 3. The Bertz CT molecular complexity index is 1090. The smallest absolute Gasteiger partial charge is 0.265 e. The summed E-state index contributed by atoms with van der Waals surface area (Å²) in [5, 5.41) is 19.7. The second-order valence-corrected chi connectivity index (χ2v) is 10.1. The normalized spacial score (nSPS) is 12.2. The van der Waals surface area contributed by atoms with E-state index in [1.54, 1.807) is 0 Å². The molecule has 0 saturated carbocycles. The summed E-state index contributed by atoms with van der Waals surface area (Å²) >= 11 is 14.6. The topological polar surface area (TPSA) is 133 Å². The first kappa shape index (κ1) is 21.1. The molecule has 0 aromatic heterocycles. The fourth-order valence-corrected chi connectivity index (χ4v) is 5.28. The van der Waals surface area contributed by atoms with Crippen LogP contribution in [0.2, 0.25) is 10.0 Å². The molecular weight excluding hydrogens is 495 g/mol. The molecule has 0 saturated heterocycles. The van der Waals surface area contributed by atoms with Gasteiger partial charge in [0.2, 0.25) is 10.0 Å². The van der Waals surface area contributed by atoms with Gasteiger partial charge in [0.1, 0.15) is 9.79 Å². The summed E-state index contributed by atoms with van der Waals surface area (Å²) in [4.78, 5) is -1.21. The van der Waals surface area contributed by atoms with Gasteiger partial charge in [-0.05, 0) is 31.3 Å². The number of rotatable bonds is 5. The molecule has 0 amide bonds. The monoisotopic (exact) mass is 504 g/mol. The predicted octanol–water partition coefficient (Wildman–Crippen LogP) is 2.88. The van der Waals surface area contributed by atoms with E-state index >= 15 is 0 Å². The molecular formula is C13H11BrCl2N2O6S2. The summed E-state index contributed by atoms with van der Waals surface area (Å²) in [6, 6.07) is 4.33. The standard InChI is InChI=1S/C13H11BrCl2N2O6S2/c1-17-25(21,22)11-5-7(15)4-9(13(11)20)18-26(23,24)10-3-6(14)2-8(16)12(10)19/h2-5,17-20H,1H3. The average molecular weight is 506 g/mol. The summed E-state index contributed by atoms with van der Waals surface area (Å²) in [6.07, 6.45) is 0. The third-order valence-corrected chi connectivity index (χ3v) is 6.90. The molecule has 0 heterocycles. The number of hydrogen-bond donors (Lipinski definition) is 4. The van der Waals surface area contributed by atoms with Crippen molar-refractivity contribution in [3.63, 3.8) is 0 Å². The summed E-state index contributed by atoms with van der Waals surface area (Å²) in [5.74, 6) is -1.58. The van der Waals surface area contributed by atoms with Gasteiger partial charge >= 0.3 is 0 Å². The fourth-order valence-electron chi connectivity index (χ4n) is 1.91. The Labute approximate surface area is 168 Å². The highest BCUT2D eigenvalue weighted by molar-refractivity contribution is 9.10. The van der Waals surface area contributed by atoms with Gasteiger partial charge in [0.25, 0.3) is 10.0 Å². The minimum absolute atomic E-state index is 0.147. The zero-order valence-corrected chi connectivity index (χ0v) is 17.5. The van der Waals surface area contributed by atoms with Crippen LogP contribution >= 0.6 is 39.1 Å². The summed E-state index contributed by atoms with van der Waals surface area (Å²) in [5.41, 5.74) is -0.498. The molecule has 0 radical (unpaired) electrons. The maximum atomic E-state index is 12.6. The lowest BCUT2D eigenvalue weighted by Gasteiger charge is -2.14. The van der Waals surface area contributed by atoms with Crippen molar-refractivity contribution in [1.29, 1.82) is 0 Å². The van der Waals surface area contributed by atoms with Crippen LogP contribution in [0.1, 0.15) is 0 Å². The van der Waals surface area contributed by atoms with E-state index in [1.807, 2.05) is 9.44 Å². The second kappa shape index (κ2) is 7.41. The molecule has 142 valence electrons. The summed E-state index contributed by atoms with van der Waals surface area (Å²) in [6.45, 7) is 0. The Morgan fingerprint density at radius 1 is 0.923 bits per heavy atom. The van der Waals surface area contributed by atoms with Crippen molar-refractivity contribution in [1.82, 2.24) is 4.72 Å². The lowest BCUT2D eigenvalue weighted by Crippen LogP contribution is -2.20. The van der Waals surface area contributed by atoms with E-state index in [1.165, 1.54) is 6.07 Å². The van der Waals surface area contributed by atoms with Crippen molar-refractivity contribution < 1.29 is 27.0 Å². The third kappa shape index (κ3) is 4.18. The van der Waals surface area contributed by atoms with E-state index in [0.29, 0.717) is 0 Å². The first-order valence-corrected chi connectivity index (χ1v) is 11.1. The lowest BCUT2D eigenvalue weighted by atomic mass is 10.3. The van der Waals surface area contributed by atoms with Crippen molar-refractivity contribution >= 4 is 64.9 Å². The zero-order chi connectivity index (χ0) is 19.9. The van der Waals surface area contributed by atoms with Gasteiger partial charge < -0.3 is 10.2 Å². The van der Waals surface area contributed by atoms with Gasteiger partial charge in [-0.15, -0.1) is 0 Å². The van der Waals surface area contributed by atoms with Crippen molar-refractivity contribution in [3.8, 4) is 11.5 Å². The average Bonchev–Trinajstić information content (AvgIpc) is 2.53. The number of nitrogens with one attached hydrogen (secondary N) is 2. The Kier molecular flexibility index (Phi) is 6.00. The van der Waals surface area contributed by atoms with Gasteiger partial charge in [-0.3, -0.25) is 4.72 Å². The lowest BCUT2D eigenvalue weighted by molar-refractivity contribution is 0.457. The highest BCUT2D eigenvalue weighted by Gasteiger charge is 2.26. The molecule has 0 spiro atoms. The molecule has 2 aromatic rings. The largest absolute Gasteiger partial charge is 0.505 e. The van der Waals surface area contributed by atoms with E-state index in [9.17, 15) is 27.0 Å². The molecule has 13 heteroatoms. The molecule has 0 aliphatic heterocycles. The van der Waals surface area contributed by atoms with Crippen molar-refractivity contribution in [2.45, 2.75) is 9.79 Å². The number of anilines is 1. The van der Waals surface area contributed by atoms with Crippen molar-refractivity contribution in [3.05, 3.63) is 38.8 Å². The van der Waals surface area contributed by atoms with Gasteiger partial charge in [0.15, 0.2) is 11.5 Å². The number of phenols is 2. The zero-order valence-electron chi connectivity index (χ0n) is 12.8. The minimum Gasteiger partial charge on any atom is -0.505 e. The molecule has 2 aromatic carbocycles. The molecule has 26 heavy (non-hydrogen) atoms. The summed E-state index contributed by atoms with van der Waals surface area (Å²) < 4.78 is 53.2. The number of benzene rings is 2. The van der Waals surface area contributed by atoms with E-state index < -0.39 is 47.0 Å². The number of aromatic hydroxyl groups is 2. The van der Waals surface area contributed by atoms with Crippen molar-refractivity contribution in [2.75, 3.05) is 11.8 Å². The minimum atomic E-state index is -4.45. The van der Waals surface area contributed by atoms with Crippen LogP contribution in [0.5, 0.6) is 11.5 Å². The molecule has 2 rings (SSSR count). The first-order valence-electron chi connectivity index (χ1n) is 6.56. The van der Waals surface area contributed by atoms with Crippen LogP contribution in [-0.2, 0) is 20.0 Å². The SMILES string of the molecule is CNS(=O)(=O)c1cc(Cl)cc(NS(=O)(=O)c2cc(Br)cc(Cl)c2O)c1O. The first-order chi connectivity index (χ1) is 11.9. The van der Waals surface area contributed by atoms with Crippen molar-refractivity contribution in [2.24, 2.45) is 0 Å². The van der Waals surface area contributed by atoms with Gasteiger partial charge in [-0.2, -0.15) is 0 Å². The third-order valence-electron chi connectivity index (χ3n) is 3.13. The van der Waals surface area contributed by atoms with E-state index in [4.69, 9.17) is 23.2 Å². The van der Waals surface area contributed by atoms with Crippen LogP contribution in [0.3, 0.4) is 0 Å². The van der Waals surface area contributed by atoms with E-state index in [0.717, 1.165) is 25.2 Å². The predicted molar refractivity (Wildman–Crippen MR) is 101 cm³/mol. The molecule has 4 N–H and O–H groups in total. The Morgan fingerprint density at radius 2 is 1.50 bits per heavy atom. The Morgan fingerprint density at radius 3 is 2.08 bits per heavy atom. The van der Waals surface area contributed by atoms with Crippen LogP contribution in [0, 0.1) is 0 Å². The van der Waals surface area contributed by atoms with Crippen LogP contribution in [0.4, 0.5) is 5.69 Å². The van der Waals surface area contributed by atoms with Crippen LogP contribution in [0.25, 0.3) is 0 Å². The van der Waals surface area contributed by atoms with Crippen LogP contribution in [-0.4, -0.2) is 34.1 Å². The highest BCUT2D eigenvalue weighted by atomic mass is 79.9. The van der Waals surface area contributed by atoms with Gasteiger partial charge in [0, 0.05) is 9.50 Å². The molecule has 0 unspecified atom stereocenters. The quantitative estimate of drug-likeness (QED) is 0.462. The molecule has 0 fully saturated rings. The maximum absolute atomic E-state index is 12.6.